The molecule has 0 spiro atoms. The van der Waals surface area contributed by atoms with Crippen LogP contribution in [0.2, 0.25) is 0 Å². The zero-order valence-corrected chi connectivity index (χ0v) is 11.1. The molecule has 0 radical (unpaired) electrons. The minimum atomic E-state index is -2.45. The summed E-state index contributed by atoms with van der Waals surface area (Å²) in [6.45, 7) is 2.33. The van der Waals surface area contributed by atoms with Crippen LogP contribution in [-0.2, 0) is 4.74 Å². The highest BCUT2D eigenvalue weighted by Gasteiger charge is 2.36. The molecule has 0 aromatic heterocycles. The quantitative estimate of drug-likeness (QED) is 0.766. The SMILES string of the molecule is FC1(F)CCCC(COCCC2CCCCN2)C1. The molecule has 2 atom stereocenters. The van der Waals surface area contributed by atoms with Crippen LogP contribution in [0.25, 0.3) is 0 Å². The molecule has 1 saturated carbocycles. The van der Waals surface area contributed by atoms with Crippen molar-refractivity contribution in [2.24, 2.45) is 5.92 Å². The molecular formula is C14H25F2NO. The summed E-state index contributed by atoms with van der Waals surface area (Å²) < 4.78 is 32.0. The first kappa shape index (κ1) is 14.2. The molecule has 1 heterocycles. The first-order valence-electron chi connectivity index (χ1n) is 7.35. The first-order chi connectivity index (χ1) is 8.66. The Morgan fingerprint density at radius 2 is 2.06 bits per heavy atom. The van der Waals surface area contributed by atoms with Crippen LogP contribution in [0.3, 0.4) is 0 Å². The Hall–Kier alpha value is -0.220. The third kappa shape index (κ3) is 4.81. The molecule has 2 fully saturated rings. The van der Waals surface area contributed by atoms with Gasteiger partial charge in [0.1, 0.15) is 0 Å². The van der Waals surface area contributed by atoms with E-state index < -0.39 is 5.92 Å². The smallest absolute Gasteiger partial charge is 0.248 e. The van der Waals surface area contributed by atoms with Crippen molar-refractivity contribution in [2.45, 2.75) is 63.3 Å². The lowest BCUT2D eigenvalue weighted by atomic mass is 9.87. The van der Waals surface area contributed by atoms with Gasteiger partial charge >= 0.3 is 0 Å². The molecule has 2 rings (SSSR count). The lowest BCUT2D eigenvalue weighted by molar-refractivity contribution is -0.0670. The summed E-state index contributed by atoms with van der Waals surface area (Å²) in [6, 6.07) is 0.576. The van der Waals surface area contributed by atoms with Gasteiger partial charge in [0.15, 0.2) is 0 Å². The van der Waals surface area contributed by atoms with Gasteiger partial charge in [-0.25, -0.2) is 8.78 Å². The maximum absolute atomic E-state index is 13.2. The Balaban J connectivity index is 1.54. The molecule has 1 aliphatic heterocycles. The highest BCUT2D eigenvalue weighted by Crippen LogP contribution is 2.36. The first-order valence-corrected chi connectivity index (χ1v) is 7.35. The van der Waals surface area contributed by atoms with E-state index in [1.54, 1.807) is 0 Å². The van der Waals surface area contributed by atoms with Crippen LogP contribution in [0.5, 0.6) is 0 Å². The normalized spacial score (nSPS) is 32.3. The fourth-order valence-electron chi connectivity index (χ4n) is 3.06. The van der Waals surface area contributed by atoms with Gasteiger partial charge in [0, 0.05) is 32.1 Å². The van der Waals surface area contributed by atoms with Gasteiger partial charge in [-0.15, -0.1) is 0 Å². The second-order valence-electron chi connectivity index (χ2n) is 5.83. The van der Waals surface area contributed by atoms with E-state index in [0.29, 0.717) is 25.7 Å². The molecule has 0 aromatic rings. The molecule has 106 valence electrons. The van der Waals surface area contributed by atoms with E-state index >= 15 is 0 Å². The molecule has 18 heavy (non-hydrogen) atoms. The number of hydrogen-bond donors (Lipinski definition) is 1. The van der Waals surface area contributed by atoms with Crippen LogP contribution in [0.4, 0.5) is 8.78 Å². The van der Waals surface area contributed by atoms with Crippen molar-refractivity contribution >= 4 is 0 Å². The molecule has 0 bridgehead atoms. The van der Waals surface area contributed by atoms with Crippen LogP contribution < -0.4 is 5.32 Å². The summed E-state index contributed by atoms with van der Waals surface area (Å²) in [5.74, 6) is -2.38. The fourth-order valence-corrected chi connectivity index (χ4v) is 3.06. The summed E-state index contributed by atoms with van der Waals surface area (Å²) in [4.78, 5) is 0. The van der Waals surface area contributed by atoms with E-state index in [4.69, 9.17) is 4.74 Å². The van der Waals surface area contributed by atoms with Crippen molar-refractivity contribution in [3.8, 4) is 0 Å². The number of alkyl halides is 2. The van der Waals surface area contributed by atoms with Crippen molar-refractivity contribution in [3.63, 3.8) is 0 Å². The molecule has 1 saturated heterocycles. The van der Waals surface area contributed by atoms with Crippen molar-refractivity contribution in [1.29, 1.82) is 0 Å². The van der Waals surface area contributed by atoms with Gasteiger partial charge in [-0.2, -0.15) is 0 Å². The van der Waals surface area contributed by atoms with E-state index in [0.717, 1.165) is 19.4 Å². The highest BCUT2D eigenvalue weighted by atomic mass is 19.3. The van der Waals surface area contributed by atoms with Crippen molar-refractivity contribution in [2.75, 3.05) is 19.8 Å². The van der Waals surface area contributed by atoms with E-state index in [9.17, 15) is 8.78 Å². The van der Waals surface area contributed by atoms with Crippen LogP contribution in [0.1, 0.15) is 51.4 Å². The standard InChI is InChI=1S/C14H25F2NO/c15-14(16)7-3-4-12(10-14)11-18-9-6-13-5-1-2-8-17-13/h12-13,17H,1-11H2. The lowest BCUT2D eigenvalue weighted by Gasteiger charge is -2.29. The van der Waals surface area contributed by atoms with Crippen LogP contribution >= 0.6 is 0 Å². The minimum absolute atomic E-state index is 0.0225. The third-order valence-electron chi connectivity index (χ3n) is 4.12. The van der Waals surface area contributed by atoms with Crippen LogP contribution in [-0.4, -0.2) is 31.7 Å². The van der Waals surface area contributed by atoms with Crippen molar-refractivity contribution < 1.29 is 13.5 Å². The molecule has 1 aliphatic carbocycles. The summed E-state index contributed by atoms with van der Waals surface area (Å²) in [5, 5.41) is 3.47. The molecule has 4 heteroatoms. The van der Waals surface area contributed by atoms with Crippen molar-refractivity contribution in [3.05, 3.63) is 0 Å². The zero-order valence-electron chi connectivity index (χ0n) is 11.1. The number of rotatable bonds is 5. The topological polar surface area (TPSA) is 21.3 Å². The van der Waals surface area contributed by atoms with Crippen molar-refractivity contribution in [1.82, 2.24) is 5.32 Å². The largest absolute Gasteiger partial charge is 0.381 e. The minimum Gasteiger partial charge on any atom is -0.381 e. The molecule has 2 nitrogen and oxygen atoms in total. The summed E-state index contributed by atoms with van der Waals surface area (Å²) in [5.41, 5.74) is 0. The van der Waals surface area contributed by atoms with E-state index in [1.165, 1.54) is 19.3 Å². The Labute approximate surface area is 108 Å². The highest BCUT2D eigenvalue weighted by molar-refractivity contribution is 4.78. The summed E-state index contributed by atoms with van der Waals surface area (Å²) >= 11 is 0. The maximum atomic E-state index is 13.2. The van der Waals surface area contributed by atoms with Gasteiger partial charge in [-0.05, 0) is 44.6 Å². The predicted molar refractivity (Wildman–Crippen MR) is 68.0 cm³/mol. The Kier molecular flexibility index (Phi) is 5.37. The molecule has 0 aromatic carbocycles. The molecule has 2 aliphatic rings. The van der Waals surface area contributed by atoms with Gasteiger partial charge in [0.2, 0.25) is 5.92 Å². The fraction of sp³-hybridized carbons (Fsp3) is 1.00. The monoisotopic (exact) mass is 261 g/mol. The maximum Gasteiger partial charge on any atom is 0.248 e. The number of piperidine rings is 1. The van der Waals surface area contributed by atoms with E-state index in [1.807, 2.05) is 0 Å². The zero-order chi connectivity index (χ0) is 12.8. The van der Waals surface area contributed by atoms with E-state index in [-0.39, 0.29) is 18.8 Å². The van der Waals surface area contributed by atoms with Crippen LogP contribution in [0, 0.1) is 5.92 Å². The second kappa shape index (κ2) is 6.80. The third-order valence-corrected chi connectivity index (χ3v) is 4.12. The van der Waals surface area contributed by atoms with Gasteiger partial charge in [0.05, 0.1) is 0 Å². The summed E-state index contributed by atoms with van der Waals surface area (Å²) in [6.07, 6.45) is 6.45. The van der Waals surface area contributed by atoms with Gasteiger partial charge < -0.3 is 10.1 Å². The lowest BCUT2D eigenvalue weighted by Crippen LogP contribution is -2.35. The van der Waals surface area contributed by atoms with Gasteiger partial charge in [-0.1, -0.05) is 6.42 Å². The number of halogens is 2. The Bertz CT molecular complexity index is 242. The molecule has 2 unspecified atom stereocenters. The van der Waals surface area contributed by atoms with Gasteiger partial charge in [0.25, 0.3) is 0 Å². The second-order valence-corrected chi connectivity index (χ2v) is 5.83. The summed E-state index contributed by atoms with van der Waals surface area (Å²) in [7, 11) is 0. The Morgan fingerprint density at radius 3 is 2.78 bits per heavy atom. The number of ether oxygens (including phenoxy) is 1. The predicted octanol–water partition coefficient (Wildman–Crippen LogP) is 3.36. The average Bonchev–Trinajstić information content (AvgIpc) is 2.35. The Morgan fingerprint density at radius 1 is 1.17 bits per heavy atom. The molecular weight excluding hydrogens is 236 g/mol. The van der Waals surface area contributed by atoms with E-state index in [2.05, 4.69) is 5.32 Å². The van der Waals surface area contributed by atoms with Crippen LogP contribution in [0.15, 0.2) is 0 Å². The molecule has 0 amide bonds. The number of nitrogens with one attached hydrogen (secondary N) is 1. The van der Waals surface area contributed by atoms with Gasteiger partial charge in [-0.3, -0.25) is 0 Å². The molecule has 1 N–H and O–H groups in total. The average molecular weight is 261 g/mol. The number of hydrogen-bond acceptors (Lipinski definition) is 2.